The first-order chi connectivity index (χ1) is 12.3. The zero-order valence-corrected chi connectivity index (χ0v) is 16.0. The van der Waals surface area contributed by atoms with E-state index < -0.39 is 0 Å². The lowest BCUT2D eigenvalue weighted by Gasteiger charge is -2.39. The van der Waals surface area contributed by atoms with Gasteiger partial charge in [-0.05, 0) is 38.5 Å². The highest BCUT2D eigenvalue weighted by Gasteiger charge is 2.37. The number of rotatable bonds is 7. The van der Waals surface area contributed by atoms with Gasteiger partial charge in [0.15, 0.2) is 0 Å². The topological polar surface area (TPSA) is 3.24 Å². The number of benzene rings is 3. The van der Waals surface area contributed by atoms with Crippen LogP contribution in [0.1, 0.15) is 30.5 Å². The van der Waals surface area contributed by atoms with Crippen LogP contribution in [0.2, 0.25) is 0 Å². The lowest BCUT2D eigenvalue weighted by atomic mass is 9.84. The molecular formula is C23H26NP. The summed E-state index contributed by atoms with van der Waals surface area (Å²) in [6.07, 6.45) is 0. The molecule has 0 aliphatic carbocycles. The molecule has 0 amide bonds. The zero-order valence-electron chi connectivity index (χ0n) is 15.0. The van der Waals surface area contributed by atoms with E-state index in [-0.39, 0.29) is 5.16 Å². The monoisotopic (exact) mass is 347 g/mol. The third-order valence-electron chi connectivity index (χ3n) is 4.71. The smallest absolute Gasteiger partial charge is 0.0756 e. The van der Waals surface area contributed by atoms with Gasteiger partial charge in [0.2, 0.25) is 0 Å². The van der Waals surface area contributed by atoms with E-state index in [2.05, 4.69) is 110 Å². The summed E-state index contributed by atoms with van der Waals surface area (Å²) in [6.45, 7) is 6.62. The van der Waals surface area contributed by atoms with E-state index in [1.165, 1.54) is 16.7 Å². The van der Waals surface area contributed by atoms with Crippen molar-refractivity contribution >= 4 is 8.73 Å². The van der Waals surface area contributed by atoms with Crippen molar-refractivity contribution < 1.29 is 0 Å². The van der Waals surface area contributed by atoms with Gasteiger partial charge in [0, 0.05) is 0 Å². The Morgan fingerprint density at radius 3 is 1.20 bits per heavy atom. The number of nitrogens with zero attached hydrogens (tertiary/aromatic N) is 1. The van der Waals surface area contributed by atoms with Gasteiger partial charge >= 0.3 is 0 Å². The van der Waals surface area contributed by atoms with E-state index in [1.54, 1.807) is 0 Å². The molecule has 0 aromatic heterocycles. The molecule has 0 saturated carbocycles. The molecular weight excluding hydrogens is 321 g/mol. The van der Waals surface area contributed by atoms with Crippen LogP contribution in [0.4, 0.5) is 0 Å². The predicted molar refractivity (Wildman–Crippen MR) is 110 cm³/mol. The van der Waals surface area contributed by atoms with Gasteiger partial charge in [-0.2, -0.15) is 0 Å². The second kappa shape index (κ2) is 8.43. The van der Waals surface area contributed by atoms with Crippen molar-refractivity contribution in [2.24, 2.45) is 0 Å². The van der Waals surface area contributed by atoms with E-state index >= 15 is 0 Å². The van der Waals surface area contributed by atoms with Gasteiger partial charge in [0.1, 0.15) is 0 Å². The summed E-state index contributed by atoms with van der Waals surface area (Å²) < 4.78 is 2.55. The Morgan fingerprint density at radius 1 is 0.600 bits per heavy atom. The van der Waals surface area contributed by atoms with Gasteiger partial charge < -0.3 is 0 Å². The molecule has 2 heteroatoms. The number of hydrogen-bond donors (Lipinski definition) is 0. The Labute approximate surface area is 153 Å². The Bertz CT molecular complexity index is 655. The van der Waals surface area contributed by atoms with Crippen LogP contribution in [0.25, 0.3) is 0 Å². The lowest BCUT2D eigenvalue weighted by Crippen LogP contribution is -2.29. The van der Waals surface area contributed by atoms with Crippen molar-refractivity contribution in [1.82, 2.24) is 4.67 Å². The largest absolute Gasteiger partial charge is 0.284 e. The van der Waals surface area contributed by atoms with Gasteiger partial charge in [-0.3, -0.25) is 4.67 Å². The second-order valence-electron chi connectivity index (χ2n) is 6.13. The first-order valence-electron chi connectivity index (χ1n) is 9.00. The molecule has 0 aliphatic heterocycles. The Morgan fingerprint density at radius 2 is 0.920 bits per heavy atom. The van der Waals surface area contributed by atoms with E-state index in [0.717, 1.165) is 13.1 Å². The molecule has 128 valence electrons. The summed E-state index contributed by atoms with van der Waals surface area (Å²) in [7, 11) is 0.650. The molecule has 3 rings (SSSR count). The van der Waals surface area contributed by atoms with Gasteiger partial charge in [0.25, 0.3) is 0 Å². The van der Waals surface area contributed by atoms with Gasteiger partial charge in [-0.25, -0.2) is 0 Å². The normalized spacial score (nSPS) is 12.1. The maximum Gasteiger partial charge on any atom is 0.0756 e. The second-order valence-corrected chi connectivity index (χ2v) is 7.74. The van der Waals surface area contributed by atoms with Gasteiger partial charge in [-0.15, -0.1) is 0 Å². The van der Waals surface area contributed by atoms with Crippen LogP contribution in [0.15, 0.2) is 91.0 Å². The third kappa shape index (κ3) is 3.68. The fraction of sp³-hybridized carbons (Fsp3) is 0.217. The van der Waals surface area contributed by atoms with Crippen molar-refractivity contribution in [3.63, 3.8) is 0 Å². The van der Waals surface area contributed by atoms with Crippen molar-refractivity contribution in [2.45, 2.75) is 19.0 Å². The molecule has 0 fully saturated rings. The van der Waals surface area contributed by atoms with Crippen LogP contribution in [-0.4, -0.2) is 17.8 Å². The standard InChI is InChI=1S/C23H26NP/c1-3-24(4-2)25-23(20-14-8-5-9-15-20,21-16-10-6-11-17-21)22-18-12-7-13-19-22/h5-19,25H,3-4H2,1-2H3. The average molecular weight is 347 g/mol. The van der Waals surface area contributed by atoms with Crippen LogP contribution in [0.5, 0.6) is 0 Å². The summed E-state index contributed by atoms with van der Waals surface area (Å²) in [5.41, 5.74) is 4.08. The summed E-state index contributed by atoms with van der Waals surface area (Å²) in [5.74, 6) is 0. The molecule has 0 heterocycles. The van der Waals surface area contributed by atoms with Crippen molar-refractivity contribution in [3.05, 3.63) is 108 Å². The summed E-state index contributed by atoms with van der Waals surface area (Å²) in [5, 5.41) is -0.143. The maximum atomic E-state index is 2.55. The van der Waals surface area contributed by atoms with Crippen molar-refractivity contribution in [1.29, 1.82) is 0 Å². The molecule has 0 N–H and O–H groups in total. The summed E-state index contributed by atoms with van der Waals surface area (Å²) in [6, 6.07) is 32.9. The molecule has 25 heavy (non-hydrogen) atoms. The van der Waals surface area contributed by atoms with E-state index in [9.17, 15) is 0 Å². The summed E-state index contributed by atoms with van der Waals surface area (Å²) >= 11 is 0. The van der Waals surface area contributed by atoms with Crippen LogP contribution < -0.4 is 0 Å². The number of hydrogen-bond acceptors (Lipinski definition) is 1. The minimum Gasteiger partial charge on any atom is -0.284 e. The first-order valence-corrected chi connectivity index (χ1v) is 9.95. The quantitative estimate of drug-likeness (QED) is 0.379. The average Bonchev–Trinajstić information content (AvgIpc) is 2.71. The molecule has 0 spiro atoms. The zero-order chi connectivity index (χ0) is 17.5. The first kappa shape index (κ1) is 17.9. The molecule has 1 nitrogen and oxygen atoms in total. The molecule has 1 atom stereocenters. The highest BCUT2D eigenvalue weighted by atomic mass is 31.1. The fourth-order valence-corrected chi connectivity index (χ4v) is 5.05. The van der Waals surface area contributed by atoms with Crippen LogP contribution in [-0.2, 0) is 5.16 Å². The van der Waals surface area contributed by atoms with Crippen LogP contribution >= 0.6 is 8.73 Å². The van der Waals surface area contributed by atoms with Gasteiger partial charge in [0.05, 0.1) is 5.16 Å². The molecule has 0 bridgehead atoms. The van der Waals surface area contributed by atoms with Gasteiger partial charge in [-0.1, -0.05) is 105 Å². The van der Waals surface area contributed by atoms with Crippen LogP contribution in [0.3, 0.4) is 0 Å². The molecule has 0 saturated heterocycles. The Hall–Kier alpha value is -1.95. The van der Waals surface area contributed by atoms with E-state index in [1.807, 2.05) is 0 Å². The molecule has 0 radical (unpaired) electrons. The SMILES string of the molecule is CCN(CC)PC(c1ccccc1)(c1ccccc1)c1ccccc1. The lowest BCUT2D eigenvalue weighted by molar-refractivity contribution is 0.506. The fourth-order valence-electron chi connectivity index (χ4n) is 3.38. The van der Waals surface area contributed by atoms with Crippen LogP contribution in [0, 0.1) is 0 Å². The highest BCUT2D eigenvalue weighted by molar-refractivity contribution is 7.37. The minimum absolute atomic E-state index is 0.143. The predicted octanol–water partition coefficient (Wildman–Crippen LogP) is 5.91. The molecule has 3 aromatic rings. The van der Waals surface area contributed by atoms with E-state index in [4.69, 9.17) is 0 Å². The minimum atomic E-state index is -0.143. The Balaban J connectivity index is 2.27. The maximum absolute atomic E-state index is 2.55. The Kier molecular flexibility index (Phi) is 6.02. The molecule has 3 aromatic carbocycles. The highest BCUT2D eigenvalue weighted by Crippen LogP contribution is 2.53. The molecule has 0 aliphatic rings. The van der Waals surface area contributed by atoms with Crippen molar-refractivity contribution in [3.8, 4) is 0 Å². The molecule has 1 unspecified atom stereocenters. The van der Waals surface area contributed by atoms with Crippen molar-refractivity contribution in [2.75, 3.05) is 13.1 Å². The summed E-state index contributed by atoms with van der Waals surface area (Å²) in [4.78, 5) is 0. The third-order valence-corrected chi connectivity index (χ3v) is 6.86. The van der Waals surface area contributed by atoms with E-state index in [0.29, 0.717) is 8.73 Å².